The van der Waals surface area contributed by atoms with E-state index in [1.165, 1.54) is 7.11 Å². The third kappa shape index (κ3) is 3.83. The summed E-state index contributed by atoms with van der Waals surface area (Å²) < 4.78 is 4.84. The molecule has 3 aromatic rings. The first-order chi connectivity index (χ1) is 12.2. The number of aromatic nitrogens is 1. The van der Waals surface area contributed by atoms with Crippen LogP contribution in [0.3, 0.4) is 0 Å². The van der Waals surface area contributed by atoms with E-state index in [1.807, 2.05) is 54.6 Å². The lowest BCUT2D eigenvalue weighted by atomic mass is 10.0. The van der Waals surface area contributed by atoms with Crippen LogP contribution in [-0.4, -0.2) is 30.0 Å². The number of carbonyl (C=O) groups excluding carboxylic acids is 2. The van der Waals surface area contributed by atoms with Crippen LogP contribution in [0.1, 0.15) is 15.9 Å². The van der Waals surface area contributed by atoms with Crippen molar-refractivity contribution in [2.45, 2.75) is 12.5 Å². The van der Waals surface area contributed by atoms with Gasteiger partial charge in [0.1, 0.15) is 6.04 Å². The number of nitrogens with one attached hydrogen (secondary N) is 1. The second-order valence-electron chi connectivity index (χ2n) is 5.61. The molecule has 0 spiro atoms. The molecule has 0 aliphatic carbocycles. The topological polar surface area (TPSA) is 68.3 Å². The Kier molecular flexibility index (Phi) is 5.04. The second kappa shape index (κ2) is 7.57. The van der Waals surface area contributed by atoms with Gasteiger partial charge in [-0.3, -0.25) is 9.78 Å². The largest absolute Gasteiger partial charge is 0.467 e. The fraction of sp³-hybridized carbons (Fsp3) is 0.150. The third-order valence-corrected chi connectivity index (χ3v) is 3.97. The van der Waals surface area contributed by atoms with E-state index in [9.17, 15) is 9.59 Å². The molecule has 0 radical (unpaired) electrons. The van der Waals surface area contributed by atoms with E-state index in [0.717, 1.165) is 16.5 Å². The smallest absolute Gasteiger partial charge is 0.328 e. The highest BCUT2D eigenvalue weighted by Gasteiger charge is 2.23. The average molecular weight is 334 g/mol. The molecule has 0 fully saturated rings. The van der Waals surface area contributed by atoms with Gasteiger partial charge < -0.3 is 10.1 Å². The van der Waals surface area contributed by atoms with E-state index in [4.69, 9.17) is 4.74 Å². The fourth-order valence-corrected chi connectivity index (χ4v) is 2.72. The Balaban J connectivity index is 1.85. The number of amides is 1. The molecular formula is C20H18N2O3. The van der Waals surface area contributed by atoms with E-state index < -0.39 is 12.0 Å². The molecule has 0 aliphatic heterocycles. The van der Waals surface area contributed by atoms with Crippen molar-refractivity contribution in [2.24, 2.45) is 0 Å². The molecule has 2 aromatic carbocycles. The van der Waals surface area contributed by atoms with Crippen molar-refractivity contribution in [1.82, 2.24) is 10.3 Å². The number of pyridine rings is 1. The van der Waals surface area contributed by atoms with E-state index in [2.05, 4.69) is 10.3 Å². The first-order valence-electron chi connectivity index (χ1n) is 7.95. The zero-order valence-corrected chi connectivity index (χ0v) is 13.8. The van der Waals surface area contributed by atoms with Crippen molar-refractivity contribution in [3.63, 3.8) is 0 Å². The zero-order valence-electron chi connectivity index (χ0n) is 13.8. The lowest BCUT2D eigenvalue weighted by Crippen LogP contribution is -2.43. The highest BCUT2D eigenvalue weighted by atomic mass is 16.5. The van der Waals surface area contributed by atoms with Crippen LogP contribution >= 0.6 is 0 Å². The SMILES string of the molecule is COC(=O)[C@@H](Cc1ccccc1)NC(=O)c1ccnc2ccccc12. The maximum atomic E-state index is 12.7. The number of rotatable bonds is 5. The summed E-state index contributed by atoms with van der Waals surface area (Å²) in [5, 5.41) is 3.52. The number of hydrogen-bond acceptors (Lipinski definition) is 4. The molecule has 0 saturated heterocycles. The van der Waals surface area contributed by atoms with Crippen LogP contribution in [0, 0.1) is 0 Å². The van der Waals surface area contributed by atoms with E-state index in [1.54, 1.807) is 12.3 Å². The summed E-state index contributed by atoms with van der Waals surface area (Å²) in [5.74, 6) is -0.805. The van der Waals surface area contributed by atoms with E-state index in [0.29, 0.717) is 12.0 Å². The predicted molar refractivity (Wildman–Crippen MR) is 95.2 cm³/mol. The van der Waals surface area contributed by atoms with Gasteiger partial charge in [0, 0.05) is 18.0 Å². The first kappa shape index (κ1) is 16.6. The molecule has 0 bridgehead atoms. The van der Waals surface area contributed by atoms with Crippen LogP contribution in [0.4, 0.5) is 0 Å². The highest BCUT2D eigenvalue weighted by molar-refractivity contribution is 6.07. The number of fused-ring (bicyclic) bond motifs is 1. The lowest BCUT2D eigenvalue weighted by molar-refractivity contribution is -0.142. The van der Waals surface area contributed by atoms with Crippen molar-refractivity contribution in [2.75, 3.05) is 7.11 Å². The molecule has 5 nitrogen and oxygen atoms in total. The van der Waals surface area contributed by atoms with Crippen molar-refractivity contribution in [3.8, 4) is 0 Å². The molecule has 1 aromatic heterocycles. The second-order valence-corrected chi connectivity index (χ2v) is 5.61. The van der Waals surface area contributed by atoms with Gasteiger partial charge in [0.2, 0.25) is 0 Å². The Hall–Kier alpha value is -3.21. The van der Waals surface area contributed by atoms with Gasteiger partial charge in [-0.15, -0.1) is 0 Å². The summed E-state index contributed by atoms with van der Waals surface area (Å²) in [7, 11) is 1.31. The van der Waals surface area contributed by atoms with Crippen LogP contribution in [-0.2, 0) is 16.0 Å². The number of ether oxygens (including phenoxy) is 1. The quantitative estimate of drug-likeness (QED) is 0.729. The van der Waals surface area contributed by atoms with E-state index >= 15 is 0 Å². The molecule has 1 N–H and O–H groups in total. The van der Waals surface area contributed by atoms with Crippen molar-refractivity contribution in [1.29, 1.82) is 0 Å². The summed E-state index contributed by atoms with van der Waals surface area (Å²) in [6.45, 7) is 0. The molecule has 1 amide bonds. The molecule has 126 valence electrons. The van der Waals surface area contributed by atoms with Crippen LogP contribution in [0.25, 0.3) is 10.9 Å². The number of benzene rings is 2. The third-order valence-electron chi connectivity index (χ3n) is 3.97. The number of nitrogens with zero attached hydrogens (tertiary/aromatic N) is 1. The monoisotopic (exact) mass is 334 g/mol. The standard InChI is InChI=1S/C20H18N2O3/c1-25-20(24)18(13-14-7-3-2-4-8-14)22-19(23)16-11-12-21-17-10-6-5-9-15(16)17/h2-12,18H,13H2,1H3,(H,22,23)/t18-/m1/s1. The maximum Gasteiger partial charge on any atom is 0.328 e. The Bertz CT molecular complexity index is 888. The Morgan fingerprint density at radius 2 is 1.76 bits per heavy atom. The van der Waals surface area contributed by atoms with Crippen molar-refractivity contribution < 1.29 is 14.3 Å². The summed E-state index contributed by atoms with van der Waals surface area (Å²) in [6.07, 6.45) is 1.95. The Labute approximate surface area is 145 Å². The average Bonchev–Trinajstić information content (AvgIpc) is 2.67. The van der Waals surface area contributed by atoms with Gasteiger partial charge in [-0.2, -0.15) is 0 Å². The molecule has 0 aliphatic rings. The number of esters is 1. The number of hydrogen-bond donors (Lipinski definition) is 1. The lowest BCUT2D eigenvalue weighted by Gasteiger charge is -2.17. The number of methoxy groups -OCH3 is 1. The first-order valence-corrected chi connectivity index (χ1v) is 7.95. The van der Waals surface area contributed by atoms with Crippen molar-refractivity contribution in [3.05, 3.63) is 78.0 Å². The van der Waals surface area contributed by atoms with Gasteiger partial charge in [-0.25, -0.2) is 4.79 Å². The van der Waals surface area contributed by atoms with E-state index in [-0.39, 0.29) is 5.91 Å². The van der Waals surface area contributed by atoms with Gasteiger partial charge in [0.25, 0.3) is 5.91 Å². The van der Waals surface area contributed by atoms with Crippen LogP contribution in [0.5, 0.6) is 0 Å². The number of carbonyl (C=O) groups is 2. The molecule has 0 unspecified atom stereocenters. The Morgan fingerprint density at radius 3 is 2.52 bits per heavy atom. The highest BCUT2D eigenvalue weighted by Crippen LogP contribution is 2.16. The van der Waals surface area contributed by atoms with Gasteiger partial charge in [0.15, 0.2) is 0 Å². The maximum absolute atomic E-state index is 12.7. The summed E-state index contributed by atoms with van der Waals surface area (Å²) >= 11 is 0. The van der Waals surface area contributed by atoms with Gasteiger partial charge >= 0.3 is 5.97 Å². The van der Waals surface area contributed by atoms with Crippen molar-refractivity contribution >= 4 is 22.8 Å². The van der Waals surface area contributed by atoms with Crippen LogP contribution in [0.2, 0.25) is 0 Å². The summed E-state index contributed by atoms with van der Waals surface area (Å²) in [6, 6.07) is 17.8. The number of para-hydroxylation sites is 1. The molecule has 3 rings (SSSR count). The molecule has 1 heterocycles. The minimum atomic E-state index is -0.758. The molecular weight excluding hydrogens is 316 g/mol. The normalized spacial score (nSPS) is 11.7. The van der Waals surface area contributed by atoms with Crippen LogP contribution < -0.4 is 5.32 Å². The fourth-order valence-electron chi connectivity index (χ4n) is 2.72. The molecule has 1 atom stereocenters. The molecule has 5 heteroatoms. The zero-order chi connectivity index (χ0) is 17.6. The molecule has 25 heavy (non-hydrogen) atoms. The Morgan fingerprint density at radius 1 is 1.04 bits per heavy atom. The molecule has 0 saturated carbocycles. The minimum Gasteiger partial charge on any atom is -0.467 e. The predicted octanol–water partition coefficient (Wildman–Crippen LogP) is 2.75. The summed E-state index contributed by atoms with van der Waals surface area (Å²) in [4.78, 5) is 29.1. The van der Waals surface area contributed by atoms with Crippen LogP contribution in [0.15, 0.2) is 66.9 Å². The minimum absolute atomic E-state index is 0.329. The van der Waals surface area contributed by atoms with Gasteiger partial charge in [0.05, 0.1) is 18.2 Å². The van der Waals surface area contributed by atoms with Gasteiger partial charge in [-0.1, -0.05) is 48.5 Å². The van der Waals surface area contributed by atoms with Gasteiger partial charge in [-0.05, 0) is 17.7 Å². The summed E-state index contributed by atoms with van der Waals surface area (Å²) in [5.41, 5.74) is 2.15.